The van der Waals surface area contributed by atoms with E-state index in [4.69, 9.17) is 0 Å². The van der Waals surface area contributed by atoms with Crippen molar-refractivity contribution in [2.24, 2.45) is 5.92 Å². The molecule has 1 fully saturated rings. The molecule has 0 spiro atoms. The molecular weight excluding hydrogens is 244 g/mol. The predicted molar refractivity (Wildman–Crippen MR) is 74.1 cm³/mol. The molecule has 0 saturated heterocycles. The van der Waals surface area contributed by atoms with Gasteiger partial charge in [0, 0.05) is 11.6 Å². The average Bonchev–Trinajstić information content (AvgIpc) is 2.86. The highest BCUT2D eigenvalue weighted by Gasteiger charge is 2.16. The van der Waals surface area contributed by atoms with Crippen LogP contribution in [0.3, 0.4) is 0 Å². The van der Waals surface area contributed by atoms with Crippen LogP contribution in [0.1, 0.15) is 56.2 Å². The van der Waals surface area contributed by atoms with E-state index in [9.17, 15) is 8.78 Å². The van der Waals surface area contributed by atoms with Crippen LogP contribution in [0.4, 0.5) is 8.78 Å². The zero-order chi connectivity index (χ0) is 13.8. The van der Waals surface area contributed by atoms with Crippen molar-refractivity contribution in [1.82, 2.24) is 5.32 Å². The third kappa shape index (κ3) is 3.75. The van der Waals surface area contributed by atoms with Gasteiger partial charge in [0.05, 0.1) is 0 Å². The highest BCUT2D eigenvalue weighted by Crippen LogP contribution is 2.27. The van der Waals surface area contributed by atoms with E-state index in [1.807, 2.05) is 6.92 Å². The number of aryl methyl sites for hydroxylation is 1. The molecule has 19 heavy (non-hydrogen) atoms. The minimum absolute atomic E-state index is 0.142. The Morgan fingerprint density at radius 2 is 1.89 bits per heavy atom. The minimum Gasteiger partial charge on any atom is -0.310 e. The lowest BCUT2D eigenvalue weighted by Crippen LogP contribution is -2.22. The standard InChI is InChI=1S/C16H23F2N/c1-11-9-16(18)14(10-15(11)17)12(2)19-8-7-13-5-3-4-6-13/h9-10,12-13,19H,3-8H2,1-2H3. The zero-order valence-electron chi connectivity index (χ0n) is 11.8. The Morgan fingerprint density at radius 3 is 2.58 bits per heavy atom. The molecule has 1 aromatic carbocycles. The molecule has 0 aliphatic heterocycles. The fourth-order valence-electron chi connectivity index (χ4n) is 2.91. The lowest BCUT2D eigenvalue weighted by Gasteiger charge is -2.17. The molecule has 1 N–H and O–H groups in total. The Bertz CT molecular complexity index is 425. The molecular formula is C16H23F2N. The number of nitrogens with one attached hydrogen (secondary N) is 1. The van der Waals surface area contributed by atoms with Gasteiger partial charge in [-0.15, -0.1) is 0 Å². The average molecular weight is 267 g/mol. The van der Waals surface area contributed by atoms with Gasteiger partial charge in [0.2, 0.25) is 0 Å². The zero-order valence-corrected chi connectivity index (χ0v) is 11.8. The van der Waals surface area contributed by atoms with E-state index in [-0.39, 0.29) is 17.7 Å². The Kier molecular flexibility index (Phi) is 4.92. The van der Waals surface area contributed by atoms with Gasteiger partial charge in [0.1, 0.15) is 11.6 Å². The van der Waals surface area contributed by atoms with Crippen molar-refractivity contribution >= 4 is 0 Å². The second-order valence-electron chi connectivity index (χ2n) is 5.74. The summed E-state index contributed by atoms with van der Waals surface area (Å²) in [6.07, 6.45) is 6.48. The highest BCUT2D eigenvalue weighted by molar-refractivity contribution is 5.27. The molecule has 1 unspecified atom stereocenters. The number of halogens is 2. The quantitative estimate of drug-likeness (QED) is 0.828. The smallest absolute Gasteiger partial charge is 0.128 e. The summed E-state index contributed by atoms with van der Waals surface area (Å²) < 4.78 is 27.3. The summed E-state index contributed by atoms with van der Waals surface area (Å²) in [7, 11) is 0. The lowest BCUT2D eigenvalue weighted by atomic mass is 10.0. The second-order valence-corrected chi connectivity index (χ2v) is 5.74. The van der Waals surface area contributed by atoms with Crippen LogP contribution in [-0.2, 0) is 0 Å². The Hall–Kier alpha value is -0.960. The third-order valence-corrected chi connectivity index (χ3v) is 4.22. The molecule has 2 rings (SSSR count). The molecule has 1 saturated carbocycles. The summed E-state index contributed by atoms with van der Waals surface area (Å²) in [5, 5.41) is 3.31. The van der Waals surface area contributed by atoms with Crippen molar-refractivity contribution in [2.45, 2.75) is 52.0 Å². The van der Waals surface area contributed by atoms with Gasteiger partial charge in [-0.2, -0.15) is 0 Å². The highest BCUT2D eigenvalue weighted by atomic mass is 19.1. The third-order valence-electron chi connectivity index (χ3n) is 4.22. The summed E-state index contributed by atoms with van der Waals surface area (Å²) in [5.41, 5.74) is 0.786. The van der Waals surface area contributed by atoms with Crippen molar-refractivity contribution in [3.8, 4) is 0 Å². The molecule has 1 atom stereocenters. The Labute approximate surface area is 114 Å². The van der Waals surface area contributed by atoms with Gasteiger partial charge in [-0.3, -0.25) is 0 Å². The molecule has 1 aromatic rings. The summed E-state index contributed by atoms with van der Waals surface area (Å²) in [4.78, 5) is 0. The van der Waals surface area contributed by atoms with Gasteiger partial charge in [0.25, 0.3) is 0 Å². The fourth-order valence-corrected chi connectivity index (χ4v) is 2.91. The van der Waals surface area contributed by atoms with Gasteiger partial charge in [-0.05, 0) is 50.4 Å². The molecule has 0 aromatic heterocycles. The van der Waals surface area contributed by atoms with Crippen molar-refractivity contribution < 1.29 is 8.78 Å². The molecule has 0 radical (unpaired) electrons. The van der Waals surface area contributed by atoms with Crippen LogP contribution in [0.15, 0.2) is 12.1 Å². The molecule has 1 aliphatic rings. The van der Waals surface area contributed by atoms with Crippen molar-refractivity contribution in [3.05, 3.63) is 34.9 Å². The minimum atomic E-state index is -0.333. The van der Waals surface area contributed by atoms with Gasteiger partial charge >= 0.3 is 0 Å². The van der Waals surface area contributed by atoms with Gasteiger partial charge in [-0.1, -0.05) is 25.7 Å². The molecule has 0 bridgehead atoms. The summed E-state index contributed by atoms with van der Waals surface area (Å²) in [6, 6.07) is 2.45. The van der Waals surface area contributed by atoms with Gasteiger partial charge in [0.15, 0.2) is 0 Å². The van der Waals surface area contributed by atoms with Crippen LogP contribution in [0.5, 0.6) is 0 Å². The van der Waals surface area contributed by atoms with Gasteiger partial charge < -0.3 is 5.32 Å². The monoisotopic (exact) mass is 267 g/mol. The number of benzene rings is 1. The summed E-state index contributed by atoms with van der Waals surface area (Å²) in [6.45, 7) is 4.35. The van der Waals surface area contributed by atoms with Crippen LogP contribution in [-0.4, -0.2) is 6.54 Å². The van der Waals surface area contributed by atoms with E-state index in [1.54, 1.807) is 6.92 Å². The van der Waals surface area contributed by atoms with Gasteiger partial charge in [-0.25, -0.2) is 8.78 Å². The SMILES string of the molecule is Cc1cc(F)c(C(C)NCCC2CCCC2)cc1F. The number of rotatable bonds is 5. The lowest BCUT2D eigenvalue weighted by molar-refractivity contribution is 0.446. The van der Waals surface area contributed by atoms with Crippen LogP contribution in [0.2, 0.25) is 0 Å². The number of hydrogen-bond donors (Lipinski definition) is 1. The van der Waals surface area contributed by atoms with E-state index in [2.05, 4.69) is 5.32 Å². The number of hydrogen-bond acceptors (Lipinski definition) is 1. The van der Waals surface area contributed by atoms with Crippen LogP contribution < -0.4 is 5.32 Å². The van der Waals surface area contributed by atoms with E-state index in [1.165, 1.54) is 37.8 Å². The largest absolute Gasteiger partial charge is 0.310 e. The first kappa shape index (κ1) is 14.4. The molecule has 3 heteroatoms. The summed E-state index contributed by atoms with van der Waals surface area (Å²) in [5.74, 6) is 0.167. The Morgan fingerprint density at radius 1 is 1.21 bits per heavy atom. The first-order valence-electron chi connectivity index (χ1n) is 7.27. The van der Waals surface area contributed by atoms with Crippen LogP contribution in [0, 0.1) is 24.5 Å². The Balaban J connectivity index is 1.88. The maximum Gasteiger partial charge on any atom is 0.128 e. The van der Waals surface area contributed by atoms with E-state index >= 15 is 0 Å². The molecule has 0 heterocycles. The van der Waals surface area contributed by atoms with Crippen molar-refractivity contribution in [2.75, 3.05) is 6.54 Å². The maximum absolute atomic E-state index is 13.8. The molecule has 1 nitrogen and oxygen atoms in total. The fraction of sp³-hybridized carbons (Fsp3) is 0.625. The van der Waals surface area contributed by atoms with Crippen LogP contribution >= 0.6 is 0 Å². The first-order chi connectivity index (χ1) is 9.08. The van der Waals surface area contributed by atoms with E-state index < -0.39 is 0 Å². The predicted octanol–water partition coefficient (Wildman–Crippen LogP) is 4.50. The molecule has 0 amide bonds. The van der Waals surface area contributed by atoms with Crippen molar-refractivity contribution in [1.29, 1.82) is 0 Å². The van der Waals surface area contributed by atoms with Crippen LogP contribution in [0.25, 0.3) is 0 Å². The second kappa shape index (κ2) is 6.47. The summed E-state index contributed by atoms with van der Waals surface area (Å²) >= 11 is 0. The maximum atomic E-state index is 13.8. The molecule has 1 aliphatic carbocycles. The van der Waals surface area contributed by atoms with E-state index in [0.717, 1.165) is 18.9 Å². The van der Waals surface area contributed by atoms with Crippen molar-refractivity contribution in [3.63, 3.8) is 0 Å². The van der Waals surface area contributed by atoms with E-state index in [0.29, 0.717) is 11.1 Å². The normalized spacial score (nSPS) is 17.9. The first-order valence-corrected chi connectivity index (χ1v) is 7.27. The molecule has 106 valence electrons. The topological polar surface area (TPSA) is 12.0 Å².